The van der Waals surface area contributed by atoms with E-state index >= 15 is 0 Å². The summed E-state index contributed by atoms with van der Waals surface area (Å²) in [6, 6.07) is 7.33. The molecule has 0 saturated carbocycles. The number of carbonyl (C=O) groups excluding carboxylic acids is 1. The summed E-state index contributed by atoms with van der Waals surface area (Å²) < 4.78 is 80.0. The van der Waals surface area contributed by atoms with Crippen molar-refractivity contribution in [3.63, 3.8) is 0 Å². The summed E-state index contributed by atoms with van der Waals surface area (Å²) in [5, 5.41) is 2.74. The minimum atomic E-state index is -4.48. The Labute approximate surface area is 209 Å². The number of hydrogen-bond acceptors (Lipinski definition) is 4. The molecule has 0 aliphatic carbocycles. The van der Waals surface area contributed by atoms with E-state index in [4.69, 9.17) is 0 Å². The van der Waals surface area contributed by atoms with Crippen LogP contribution in [0.5, 0.6) is 0 Å². The maximum absolute atomic E-state index is 14.5. The van der Waals surface area contributed by atoms with Crippen LogP contribution in [0.4, 0.5) is 28.9 Å². The normalized spacial score (nSPS) is 16.0. The number of alkyl halides is 3. The predicted molar refractivity (Wildman–Crippen MR) is 132 cm³/mol. The van der Waals surface area contributed by atoms with Crippen LogP contribution in [0.1, 0.15) is 56.2 Å². The Bertz CT molecular complexity index is 1190. The molecule has 1 amide bonds. The van der Waals surface area contributed by atoms with Gasteiger partial charge in [-0.3, -0.25) is 9.52 Å². The minimum Gasteiger partial charge on any atom is -0.371 e. The third-order valence-electron chi connectivity index (χ3n) is 6.52. The summed E-state index contributed by atoms with van der Waals surface area (Å²) in [6.45, 7) is 6.38. The van der Waals surface area contributed by atoms with Crippen molar-refractivity contribution in [2.24, 2.45) is 5.92 Å². The maximum atomic E-state index is 14.5. The van der Waals surface area contributed by atoms with Crippen LogP contribution >= 0.6 is 0 Å². The lowest BCUT2D eigenvalue weighted by Crippen LogP contribution is -2.35. The van der Waals surface area contributed by atoms with Crippen LogP contribution in [0, 0.1) is 11.7 Å². The minimum absolute atomic E-state index is 0.0135. The summed E-state index contributed by atoms with van der Waals surface area (Å²) in [6.07, 6.45) is -2.74. The number of amides is 1. The van der Waals surface area contributed by atoms with Gasteiger partial charge in [0, 0.05) is 25.3 Å². The van der Waals surface area contributed by atoms with Crippen molar-refractivity contribution in [2.45, 2.75) is 52.3 Å². The maximum Gasteiger partial charge on any atom is 0.416 e. The summed E-state index contributed by atoms with van der Waals surface area (Å²) in [5.41, 5.74) is 0.395. The van der Waals surface area contributed by atoms with Gasteiger partial charge < -0.3 is 10.2 Å². The molecule has 6 nitrogen and oxygen atoms in total. The van der Waals surface area contributed by atoms with Gasteiger partial charge in [-0.1, -0.05) is 19.1 Å². The predicted octanol–water partition coefficient (Wildman–Crippen LogP) is 5.26. The molecular formula is C25H31F4N3O3S. The molecule has 1 heterocycles. The fourth-order valence-electron chi connectivity index (χ4n) is 4.04. The molecule has 2 N–H and O–H groups in total. The first-order chi connectivity index (χ1) is 16.8. The van der Waals surface area contributed by atoms with Gasteiger partial charge in [-0.15, -0.1) is 0 Å². The van der Waals surface area contributed by atoms with Gasteiger partial charge in [0.15, 0.2) is 0 Å². The smallest absolute Gasteiger partial charge is 0.371 e. The zero-order valence-corrected chi connectivity index (χ0v) is 21.3. The molecule has 2 aromatic carbocycles. The first-order valence-electron chi connectivity index (χ1n) is 11.8. The van der Waals surface area contributed by atoms with E-state index < -0.39 is 39.4 Å². The molecule has 1 saturated heterocycles. The Morgan fingerprint density at radius 1 is 1.14 bits per heavy atom. The van der Waals surface area contributed by atoms with Gasteiger partial charge in [0.1, 0.15) is 5.82 Å². The van der Waals surface area contributed by atoms with Crippen molar-refractivity contribution in [2.75, 3.05) is 28.5 Å². The van der Waals surface area contributed by atoms with Crippen LogP contribution in [-0.4, -0.2) is 33.2 Å². The van der Waals surface area contributed by atoms with E-state index in [0.29, 0.717) is 35.8 Å². The number of rotatable bonds is 8. The van der Waals surface area contributed by atoms with Crippen LogP contribution in [0.3, 0.4) is 0 Å². The molecule has 0 spiro atoms. The summed E-state index contributed by atoms with van der Waals surface area (Å²) in [5.74, 6) is -1.73. The number of nitrogens with zero attached hydrogens (tertiary/aromatic N) is 1. The highest BCUT2D eigenvalue weighted by Gasteiger charge is 2.32. The first-order valence-corrected chi connectivity index (χ1v) is 13.5. The fraction of sp³-hybridized carbons (Fsp3) is 0.480. The number of sulfonamides is 1. The molecule has 11 heteroatoms. The third-order valence-corrected chi connectivity index (χ3v) is 7.81. The molecule has 36 heavy (non-hydrogen) atoms. The average molecular weight is 530 g/mol. The van der Waals surface area contributed by atoms with E-state index in [2.05, 4.69) is 17.0 Å². The van der Waals surface area contributed by atoms with Crippen LogP contribution < -0.4 is 14.9 Å². The molecule has 0 aromatic heterocycles. The molecule has 1 aliphatic rings. The number of anilines is 2. The largest absolute Gasteiger partial charge is 0.416 e. The Hall–Kier alpha value is -2.82. The fourth-order valence-corrected chi connectivity index (χ4v) is 4.69. The van der Waals surface area contributed by atoms with Crippen molar-refractivity contribution in [3.8, 4) is 0 Å². The van der Waals surface area contributed by atoms with Gasteiger partial charge >= 0.3 is 6.18 Å². The number of hydrogen-bond donors (Lipinski definition) is 2. The van der Waals surface area contributed by atoms with E-state index in [1.165, 1.54) is 25.1 Å². The third kappa shape index (κ3) is 6.89. The molecule has 0 bridgehead atoms. The highest BCUT2D eigenvalue weighted by molar-refractivity contribution is 7.92. The summed E-state index contributed by atoms with van der Waals surface area (Å²) in [4.78, 5) is 14.7. The molecule has 1 unspecified atom stereocenters. The lowest BCUT2D eigenvalue weighted by atomic mass is 9.97. The Balaban J connectivity index is 1.75. The van der Waals surface area contributed by atoms with Crippen LogP contribution in [0.15, 0.2) is 36.4 Å². The number of halogens is 4. The van der Waals surface area contributed by atoms with Crippen molar-refractivity contribution >= 4 is 27.3 Å². The highest BCUT2D eigenvalue weighted by Crippen LogP contribution is 2.35. The van der Waals surface area contributed by atoms with Crippen molar-refractivity contribution in [3.05, 3.63) is 58.9 Å². The van der Waals surface area contributed by atoms with Gasteiger partial charge in [0.25, 0.3) is 0 Å². The van der Waals surface area contributed by atoms with Crippen molar-refractivity contribution < 1.29 is 30.8 Å². The number of benzene rings is 2. The Kier molecular flexibility index (Phi) is 8.53. The van der Waals surface area contributed by atoms with Gasteiger partial charge in [-0.05, 0) is 68.0 Å². The zero-order chi connectivity index (χ0) is 26.7. The molecule has 3 rings (SSSR count). The van der Waals surface area contributed by atoms with Crippen LogP contribution in [0.25, 0.3) is 0 Å². The second-order valence-electron chi connectivity index (χ2n) is 9.20. The molecule has 0 radical (unpaired) electrons. The molecule has 2 aromatic rings. The van der Waals surface area contributed by atoms with Crippen LogP contribution in [0.2, 0.25) is 0 Å². The van der Waals surface area contributed by atoms with Gasteiger partial charge in [0.05, 0.1) is 22.9 Å². The average Bonchev–Trinajstić information content (AvgIpc) is 2.83. The molecule has 1 atom stereocenters. The van der Waals surface area contributed by atoms with E-state index in [-0.39, 0.29) is 18.0 Å². The lowest BCUT2D eigenvalue weighted by Gasteiger charge is -2.34. The quantitative estimate of drug-likeness (QED) is 0.457. The van der Waals surface area contributed by atoms with E-state index in [0.717, 1.165) is 31.0 Å². The van der Waals surface area contributed by atoms with Crippen molar-refractivity contribution in [1.82, 2.24) is 5.32 Å². The molecular weight excluding hydrogens is 498 g/mol. The topological polar surface area (TPSA) is 78.5 Å². The summed E-state index contributed by atoms with van der Waals surface area (Å²) >= 11 is 0. The molecule has 1 fully saturated rings. The lowest BCUT2D eigenvalue weighted by molar-refractivity contribution is -0.137. The molecule has 1 aliphatic heterocycles. The Morgan fingerprint density at radius 2 is 1.81 bits per heavy atom. The van der Waals surface area contributed by atoms with Crippen LogP contribution in [-0.2, 0) is 27.5 Å². The number of nitrogens with one attached hydrogen (secondary N) is 2. The van der Waals surface area contributed by atoms with Gasteiger partial charge in [-0.2, -0.15) is 13.2 Å². The first kappa shape index (κ1) is 27.8. The summed E-state index contributed by atoms with van der Waals surface area (Å²) in [7, 11) is -3.66. The second-order valence-corrected chi connectivity index (χ2v) is 11.2. The van der Waals surface area contributed by atoms with E-state index in [1.807, 2.05) is 4.90 Å². The van der Waals surface area contributed by atoms with Gasteiger partial charge in [-0.25, -0.2) is 12.8 Å². The van der Waals surface area contributed by atoms with E-state index in [1.54, 1.807) is 6.92 Å². The van der Waals surface area contributed by atoms with Crippen molar-refractivity contribution in [1.29, 1.82) is 0 Å². The number of carbonyl (C=O) groups is 1. The number of piperidine rings is 1. The zero-order valence-electron chi connectivity index (χ0n) is 20.5. The van der Waals surface area contributed by atoms with Gasteiger partial charge in [0.2, 0.25) is 15.9 Å². The standard InChI is InChI=1S/C25H31F4N3O3S/c1-4-36(34,35)31-22-8-6-18(13-21(22)26)17(3)24(33)30-15-19-5-7-20(25(27,28)29)14-23(19)32-11-9-16(2)10-12-32/h5-8,13-14,16-17,31H,4,9-12,15H2,1-3H3,(H,30,33). The monoisotopic (exact) mass is 529 g/mol. The molecule has 198 valence electrons. The highest BCUT2D eigenvalue weighted by atomic mass is 32.2. The Morgan fingerprint density at radius 3 is 2.39 bits per heavy atom. The second kappa shape index (κ2) is 11.1. The van der Waals surface area contributed by atoms with E-state index in [9.17, 15) is 30.8 Å². The SMILES string of the molecule is CCS(=O)(=O)Nc1ccc(C(C)C(=O)NCc2ccc(C(F)(F)F)cc2N2CCC(C)CC2)cc1F.